The molecule has 2 heterocycles. The zero-order valence-corrected chi connectivity index (χ0v) is 16.9. The zero-order valence-electron chi connectivity index (χ0n) is 16.9. The summed E-state index contributed by atoms with van der Waals surface area (Å²) in [6, 6.07) is 19.8. The minimum atomic E-state index is -0.110. The molecule has 0 radical (unpaired) electrons. The highest BCUT2D eigenvalue weighted by Crippen LogP contribution is 2.16. The summed E-state index contributed by atoms with van der Waals surface area (Å²) < 4.78 is 5.68. The van der Waals surface area contributed by atoms with E-state index < -0.39 is 0 Å². The smallest absolute Gasteiger partial charge is 0.247 e. The topological polar surface area (TPSA) is 59.2 Å². The third kappa shape index (κ3) is 4.81. The Kier molecular flexibility index (Phi) is 5.99. The molecule has 4 aromatic rings. The Balaban J connectivity index is 1.54. The Morgan fingerprint density at radius 2 is 1.73 bits per heavy atom. The lowest BCUT2D eigenvalue weighted by atomic mass is 10.1. The van der Waals surface area contributed by atoms with Crippen molar-refractivity contribution in [1.82, 2.24) is 14.9 Å². The van der Waals surface area contributed by atoms with Crippen LogP contribution in [0.25, 0.3) is 17.2 Å². The van der Waals surface area contributed by atoms with Gasteiger partial charge in [-0.15, -0.1) is 0 Å². The standard InChI is InChI=1S/C25H23N3O2/c1-2-19-9-11-20(12-10-19)17-28(18-21-6-5-15-26-16-21)25(29)14-13-24-27-22-7-3-4-8-23(22)30-24/h3-16H,2,17-18H2,1H3/b14-13+. The second-order valence-corrected chi connectivity index (χ2v) is 7.08. The van der Waals surface area contributed by atoms with E-state index in [0.29, 0.717) is 24.6 Å². The zero-order chi connectivity index (χ0) is 20.8. The number of carbonyl (C=O) groups is 1. The van der Waals surface area contributed by atoms with Crippen LogP contribution in [0.1, 0.15) is 29.5 Å². The van der Waals surface area contributed by atoms with Crippen LogP contribution in [0.5, 0.6) is 0 Å². The first kappa shape index (κ1) is 19.6. The second-order valence-electron chi connectivity index (χ2n) is 7.08. The summed E-state index contributed by atoms with van der Waals surface area (Å²) in [5, 5.41) is 0. The van der Waals surface area contributed by atoms with Crippen LogP contribution in [0, 0.1) is 0 Å². The number of benzene rings is 2. The number of aromatic nitrogens is 2. The molecule has 0 saturated carbocycles. The number of para-hydroxylation sites is 2. The fourth-order valence-electron chi connectivity index (χ4n) is 3.23. The number of amides is 1. The maximum absolute atomic E-state index is 13.0. The second kappa shape index (κ2) is 9.18. The van der Waals surface area contributed by atoms with Crippen molar-refractivity contribution in [3.8, 4) is 0 Å². The van der Waals surface area contributed by atoms with Gasteiger partial charge in [-0.1, -0.05) is 49.4 Å². The van der Waals surface area contributed by atoms with Gasteiger partial charge in [0, 0.05) is 37.6 Å². The molecule has 0 bridgehead atoms. The lowest BCUT2D eigenvalue weighted by Gasteiger charge is -2.21. The molecule has 30 heavy (non-hydrogen) atoms. The van der Waals surface area contributed by atoms with Gasteiger partial charge in [0.05, 0.1) is 0 Å². The minimum Gasteiger partial charge on any atom is -0.437 e. The number of rotatable bonds is 7. The summed E-state index contributed by atoms with van der Waals surface area (Å²) in [6.07, 6.45) is 7.64. The summed E-state index contributed by atoms with van der Waals surface area (Å²) in [5.74, 6) is 0.304. The van der Waals surface area contributed by atoms with E-state index in [4.69, 9.17) is 4.42 Å². The molecule has 0 aliphatic carbocycles. The third-order valence-electron chi connectivity index (χ3n) is 4.89. The van der Waals surface area contributed by atoms with Gasteiger partial charge in [0.1, 0.15) is 5.52 Å². The summed E-state index contributed by atoms with van der Waals surface area (Å²) in [7, 11) is 0. The third-order valence-corrected chi connectivity index (χ3v) is 4.89. The number of nitrogens with zero attached hydrogens (tertiary/aromatic N) is 3. The monoisotopic (exact) mass is 397 g/mol. The average Bonchev–Trinajstić information content (AvgIpc) is 3.21. The Morgan fingerprint density at radius 3 is 2.47 bits per heavy atom. The fraction of sp³-hybridized carbons (Fsp3) is 0.160. The first-order valence-electron chi connectivity index (χ1n) is 10.0. The summed E-state index contributed by atoms with van der Waals surface area (Å²) in [5.41, 5.74) is 4.81. The van der Waals surface area contributed by atoms with Gasteiger partial charge in [0.25, 0.3) is 0 Å². The van der Waals surface area contributed by atoms with Crippen LogP contribution < -0.4 is 0 Å². The van der Waals surface area contributed by atoms with Gasteiger partial charge in [0.15, 0.2) is 5.58 Å². The quantitative estimate of drug-likeness (QED) is 0.411. The summed E-state index contributed by atoms with van der Waals surface area (Å²) in [4.78, 5) is 23.4. The van der Waals surface area contributed by atoms with Crippen LogP contribution in [-0.2, 0) is 24.3 Å². The molecule has 1 amide bonds. The van der Waals surface area contributed by atoms with Gasteiger partial charge >= 0.3 is 0 Å². The highest BCUT2D eigenvalue weighted by Gasteiger charge is 2.13. The lowest BCUT2D eigenvalue weighted by Crippen LogP contribution is -2.28. The van der Waals surface area contributed by atoms with E-state index in [2.05, 4.69) is 41.2 Å². The van der Waals surface area contributed by atoms with Crippen LogP contribution >= 0.6 is 0 Å². The van der Waals surface area contributed by atoms with Gasteiger partial charge in [-0.05, 0) is 41.3 Å². The van der Waals surface area contributed by atoms with Crippen molar-refractivity contribution in [3.63, 3.8) is 0 Å². The molecule has 0 unspecified atom stereocenters. The molecule has 0 spiro atoms. The minimum absolute atomic E-state index is 0.110. The average molecular weight is 397 g/mol. The van der Waals surface area contributed by atoms with Crippen LogP contribution in [0.2, 0.25) is 0 Å². The molecule has 0 N–H and O–H groups in total. The van der Waals surface area contributed by atoms with Crippen molar-refractivity contribution >= 4 is 23.1 Å². The molecule has 0 aliphatic heterocycles. The van der Waals surface area contributed by atoms with E-state index >= 15 is 0 Å². The van der Waals surface area contributed by atoms with Gasteiger partial charge in [-0.3, -0.25) is 9.78 Å². The van der Waals surface area contributed by atoms with Gasteiger partial charge in [0.2, 0.25) is 11.8 Å². The largest absolute Gasteiger partial charge is 0.437 e. The van der Waals surface area contributed by atoms with E-state index in [0.717, 1.165) is 23.1 Å². The Hall–Kier alpha value is -3.73. The number of pyridine rings is 1. The van der Waals surface area contributed by atoms with Crippen molar-refractivity contribution in [1.29, 1.82) is 0 Å². The predicted molar refractivity (Wildman–Crippen MR) is 117 cm³/mol. The molecule has 5 nitrogen and oxygen atoms in total. The van der Waals surface area contributed by atoms with Crippen molar-refractivity contribution < 1.29 is 9.21 Å². The van der Waals surface area contributed by atoms with Crippen molar-refractivity contribution in [2.45, 2.75) is 26.4 Å². The SMILES string of the molecule is CCc1ccc(CN(Cc2cccnc2)C(=O)/C=C/c2nc3ccccc3o2)cc1. The van der Waals surface area contributed by atoms with E-state index in [-0.39, 0.29) is 5.91 Å². The van der Waals surface area contributed by atoms with Crippen LogP contribution in [-0.4, -0.2) is 20.8 Å². The molecular formula is C25H23N3O2. The predicted octanol–water partition coefficient (Wildman–Crippen LogP) is 5.03. The van der Waals surface area contributed by atoms with Gasteiger partial charge in [-0.25, -0.2) is 4.98 Å². The molecule has 0 aliphatic rings. The van der Waals surface area contributed by atoms with Crippen LogP contribution in [0.4, 0.5) is 0 Å². The number of fused-ring (bicyclic) bond motifs is 1. The normalized spacial score (nSPS) is 11.2. The molecule has 150 valence electrons. The van der Waals surface area contributed by atoms with Gasteiger partial charge < -0.3 is 9.32 Å². The van der Waals surface area contributed by atoms with Crippen molar-refractivity contribution in [2.24, 2.45) is 0 Å². The van der Waals surface area contributed by atoms with Crippen LogP contribution in [0.3, 0.4) is 0 Å². The Labute approximate surface area is 175 Å². The van der Waals surface area contributed by atoms with E-state index in [1.54, 1.807) is 23.4 Å². The molecule has 0 saturated heterocycles. The van der Waals surface area contributed by atoms with E-state index in [1.165, 1.54) is 11.6 Å². The van der Waals surface area contributed by atoms with Gasteiger partial charge in [-0.2, -0.15) is 0 Å². The fourth-order valence-corrected chi connectivity index (χ4v) is 3.23. The van der Waals surface area contributed by atoms with E-state index in [1.807, 2.05) is 36.4 Å². The maximum atomic E-state index is 13.0. The molecule has 0 atom stereocenters. The molecule has 4 rings (SSSR count). The number of hydrogen-bond donors (Lipinski definition) is 0. The summed E-state index contributed by atoms with van der Waals surface area (Å²) >= 11 is 0. The molecule has 2 aromatic carbocycles. The Morgan fingerprint density at radius 1 is 0.967 bits per heavy atom. The van der Waals surface area contributed by atoms with Crippen LogP contribution in [0.15, 0.2) is 83.6 Å². The number of oxazole rings is 1. The highest BCUT2D eigenvalue weighted by atomic mass is 16.3. The highest BCUT2D eigenvalue weighted by molar-refractivity contribution is 5.91. The van der Waals surface area contributed by atoms with Crippen molar-refractivity contribution in [2.75, 3.05) is 0 Å². The van der Waals surface area contributed by atoms with Crippen molar-refractivity contribution in [3.05, 3.63) is 102 Å². The lowest BCUT2D eigenvalue weighted by molar-refractivity contribution is -0.127. The number of hydrogen-bond acceptors (Lipinski definition) is 4. The molecule has 2 aromatic heterocycles. The number of carbonyl (C=O) groups excluding carboxylic acids is 1. The molecule has 5 heteroatoms. The first-order valence-corrected chi connectivity index (χ1v) is 10.0. The van der Waals surface area contributed by atoms with E-state index in [9.17, 15) is 4.79 Å². The summed E-state index contributed by atoms with van der Waals surface area (Å²) in [6.45, 7) is 3.11. The molecule has 0 fully saturated rings. The Bertz CT molecular complexity index is 1110. The molecular weight excluding hydrogens is 374 g/mol. The number of aryl methyl sites for hydroxylation is 1. The first-order chi connectivity index (χ1) is 14.7. The maximum Gasteiger partial charge on any atom is 0.247 e.